The van der Waals surface area contributed by atoms with E-state index < -0.39 is 0 Å². The van der Waals surface area contributed by atoms with Crippen LogP contribution in [0.5, 0.6) is 5.75 Å². The Kier molecular flexibility index (Phi) is 5.34. The molecule has 4 heteroatoms. The van der Waals surface area contributed by atoms with Crippen LogP contribution in [0.15, 0.2) is 29.8 Å². The van der Waals surface area contributed by atoms with E-state index in [9.17, 15) is 4.79 Å². The van der Waals surface area contributed by atoms with E-state index in [0.29, 0.717) is 6.54 Å². The van der Waals surface area contributed by atoms with Gasteiger partial charge in [-0.25, -0.2) is 0 Å². The smallest absolute Gasteiger partial charge is 0.176 e. The average molecular weight is 314 g/mol. The lowest BCUT2D eigenvalue weighted by molar-refractivity contribution is 0.0991. The minimum Gasteiger partial charge on any atom is -0.487 e. The molecule has 4 nitrogen and oxygen atoms in total. The van der Waals surface area contributed by atoms with Crippen LogP contribution in [0.2, 0.25) is 0 Å². The number of ketones is 1. The molecule has 1 heterocycles. The first-order valence-corrected chi connectivity index (χ1v) is 8.69. The van der Waals surface area contributed by atoms with Crippen molar-refractivity contribution in [2.75, 3.05) is 25.0 Å². The topological polar surface area (TPSA) is 50.4 Å². The molecule has 1 aromatic rings. The van der Waals surface area contributed by atoms with E-state index in [1.807, 2.05) is 25.1 Å². The van der Waals surface area contributed by atoms with E-state index in [1.54, 1.807) is 5.57 Å². The molecule has 23 heavy (non-hydrogen) atoms. The summed E-state index contributed by atoms with van der Waals surface area (Å²) in [7, 11) is 0. The SMILES string of the molecule is CC1CNc2cc(C(=O)CNCCC3=CCCCC3)ccc2O1. The van der Waals surface area contributed by atoms with Crippen molar-refractivity contribution in [3.63, 3.8) is 0 Å². The van der Waals surface area contributed by atoms with Crippen molar-refractivity contribution in [3.8, 4) is 5.75 Å². The molecular weight excluding hydrogens is 288 g/mol. The predicted molar refractivity (Wildman–Crippen MR) is 93.4 cm³/mol. The van der Waals surface area contributed by atoms with E-state index in [-0.39, 0.29) is 11.9 Å². The van der Waals surface area contributed by atoms with E-state index >= 15 is 0 Å². The first-order chi connectivity index (χ1) is 11.2. The number of fused-ring (bicyclic) bond motifs is 1. The maximum atomic E-state index is 12.3. The first kappa shape index (κ1) is 16.1. The number of ether oxygens (including phenoxy) is 1. The van der Waals surface area contributed by atoms with Crippen LogP contribution in [-0.4, -0.2) is 31.5 Å². The quantitative estimate of drug-likeness (QED) is 0.479. The summed E-state index contributed by atoms with van der Waals surface area (Å²) in [4.78, 5) is 12.3. The Bertz CT molecular complexity index is 595. The van der Waals surface area contributed by atoms with Gasteiger partial charge in [0.15, 0.2) is 5.78 Å². The van der Waals surface area contributed by atoms with Crippen LogP contribution in [0, 0.1) is 0 Å². The number of carbonyl (C=O) groups is 1. The first-order valence-electron chi connectivity index (χ1n) is 8.69. The van der Waals surface area contributed by atoms with Crippen molar-refractivity contribution in [1.29, 1.82) is 0 Å². The molecule has 2 aliphatic rings. The Labute approximate surface area is 138 Å². The molecule has 0 saturated carbocycles. The van der Waals surface area contributed by atoms with Crippen LogP contribution in [0.4, 0.5) is 5.69 Å². The van der Waals surface area contributed by atoms with Crippen LogP contribution < -0.4 is 15.4 Å². The van der Waals surface area contributed by atoms with Gasteiger partial charge in [-0.2, -0.15) is 0 Å². The second-order valence-corrected chi connectivity index (χ2v) is 6.48. The monoisotopic (exact) mass is 314 g/mol. The predicted octanol–water partition coefficient (Wildman–Crippen LogP) is 3.54. The van der Waals surface area contributed by atoms with Gasteiger partial charge in [-0.05, 0) is 63.8 Å². The normalized spacial score (nSPS) is 20.0. The number of allylic oxidation sites excluding steroid dienone is 1. The summed E-state index contributed by atoms with van der Waals surface area (Å²) in [6.07, 6.45) is 8.67. The van der Waals surface area contributed by atoms with Gasteiger partial charge in [0.1, 0.15) is 11.9 Å². The molecule has 0 radical (unpaired) electrons. The molecular formula is C19H26N2O2. The Morgan fingerprint density at radius 1 is 1.39 bits per heavy atom. The van der Waals surface area contributed by atoms with Crippen LogP contribution in [0.1, 0.15) is 49.4 Å². The standard InChI is InChI=1S/C19H26N2O2/c1-14-12-21-17-11-16(7-8-19(17)23-14)18(22)13-20-10-9-15-5-3-2-4-6-15/h5,7-8,11,14,20-21H,2-4,6,9-10,12-13H2,1H3. The van der Waals surface area contributed by atoms with Crippen molar-refractivity contribution in [2.45, 2.75) is 45.1 Å². The van der Waals surface area contributed by atoms with E-state index in [4.69, 9.17) is 4.74 Å². The maximum Gasteiger partial charge on any atom is 0.176 e. The van der Waals surface area contributed by atoms with Gasteiger partial charge in [-0.1, -0.05) is 11.6 Å². The fourth-order valence-electron chi connectivity index (χ4n) is 3.14. The second kappa shape index (κ2) is 7.64. The van der Waals surface area contributed by atoms with Gasteiger partial charge >= 0.3 is 0 Å². The summed E-state index contributed by atoms with van der Waals surface area (Å²) in [5.74, 6) is 0.961. The highest BCUT2D eigenvalue weighted by Crippen LogP contribution is 2.30. The van der Waals surface area contributed by atoms with Crippen LogP contribution in [0.3, 0.4) is 0 Å². The van der Waals surface area contributed by atoms with Crippen molar-refractivity contribution in [2.24, 2.45) is 0 Å². The highest BCUT2D eigenvalue weighted by Gasteiger charge is 2.17. The van der Waals surface area contributed by atoms with Gasteiger partial charge in [-0.15, -0.1) is 0 Å². The molecule has 1 unspecified atom stereocenters. The number of carbonyl (C=O) groups excluding carboxylic acids is 1. The number of benzene rings is 1. The maximum absolute atomic E-state index is 12.3. The summed E-state index contributed by atoms with van der Waals surface area (Å²) in [6.45, 7) is 4.07. The second-order valence-electron chi connectivity index (χ2n) is 6.48. The van der Waals surface area contributed by atoms with Gasteiger partial charge in [0.05, 0.1) is 18.8 Å². The summed E-state index contributed by atoms with van der Waals surface area (Å²) in [5, 5.41) is 6.59. The lowest BCUT2D eigenvalue weighted by Gasteiger charge is -2.25. The van der Waals surface area contributed by atoms with Crippen LogP contribution in [0.25, 0.3) is 0 Å². The molecule has 1 aliphatic heterocycles. The third kappa shape index (κ3) is 4.35. The highest BCUT2D eigenvalue weighted by molar-refractivity contribution is 5.98. The number of rotatable bonds is 6. The molecule has 0 aromatic heterocycles. The fourth-order valence-corrected chi connectivity index (χ4v) is 3.14. The summed E-state index contributed by atoms with van der Waals surface area (Å²) >= 11 is 0. The third-order valence-electron chi connectivity index (χ3n) is 4.50. The Balaban J connectivity index is 1.47. The minimum absolute atomic E-state index is 0.130. The van der Waals surface area contributed by atoms with Gasteiger partial charge in [0.2, 0.25) is 0 Å². The molecule has 1 atom stereocenters. The molecule has 0 amide bonds. The summed E-state index contributed by atoms with van der Waals surface area (Å²) in [6, 6.07) is 5.64. The summed E-state index contributed by atoms with van der Waals surface area (Å²) in [5.41, 5.74) is 3.19. The van der Waals surface area contributed by atoms with Gasteiger partial charge in [0.25, 0.3) is 0 Å². The zero-order chi connectivity index (χ0) is 16.1. The minimum atomic E-state index is 0.130. The zero-order valence-electron chi connectivity index (χ0n) is 13.9. The lowest BCUT2D eigenvalue weighted by atomic mass is 9.97. The largest absolute Gasteiger partial charge is 0.487 e. The highest BCUT2D eigenvalue weighted by atomic mass is 16.5. The number of Topliss-reactive ketones (excluding diaryl/α,β-unsaturated/α-hetero) is 1. The molecule has 2 N–H and O–H groups in total. The van der Waals surface area contributed by atoms with E-state index in [2.05, 4.69) is 16.7 Å². The van der Waals surface area contributed by atoms with Gasteiger partial charge in [-0.3, -0.25) is 4.79 Å². The van der Waals surface area contributed by atoms with Crippen molar-refractivity contribution in [1.82, 2.24) is 5.32 Å². The van der Waals surface area contributed by atoms with Crippen molar-refractivity contribution in [3.05, 3.63) is 35.4 Å². The zero-order valence-corrected chi connectivity index (χ0v) is 13.9. The third-order valence-corrected chi connectivity index (χ3v) is 4.50. The molecule has 1 aromatic carbocycles. The Morgan fingerprint density at radius 3 is 3.13 bits per heavy atom. The van der Waals surface area contributed by atoms with Gasteiger partial charge < -0.3 is 15.4 Å². The Hall–Kier alpha value is -1.81. The molecule has 0 saturated heterocycles. The molecule has 0 fully saturated rings. The van der Waals surface area contributed by atoms with Gasteiger partial charge in [0, 0.05) is 5.56 Å². The summed E-state index contributed by atoms with van der Waals surface area (Å²) < 4.78 is 5.74. The molecule has 1 aliphatic carbocycles. The van der Waals surface area contributed by atoms with E-state index in [1.165, 1.54) is 25.7 Å². The number of hydrogen-bond acceptors (Lipinski definition) is 4. The fraction of sp³-hybridized carbons (Fsp3) is 0.526. The van der Waals surface area contributed by atoms with Crippen molar-refractivity contribution < 1.29 is 9.53 Å². The van der Waals surface area contributed by atoms with Crippen LogP contribution in [-0.2, 0) is 0 Å². The lowest BCUT2D eigenvalue weighted by Crippen LogP contribution is -2.28. The van der Waals surface area contributed by atoms with Crippen molar-refractivity contribution >= 4 is 11.5 Å². The Morgan fingerprint density at radius 2 is 2.30 bits per heavy atom. The number of anilines is 1. The van der Waals surface area contributed by atoms with Crippen LogP contribution >= 0.6 is 0 Å². The van der Waals surface area contributed by atoms with E-state index in [0.717, 1.165) is 36.5 Å². The molecule has 0 spiro atoms. The molecule has 124 valence electrons. The average Bonchev–Trinajstić information content (AvgIpc) is 2.59. The molecule has 0 bridgehead atoms. The number of nitrogens with one attached hydrogen (secondary N) is 2. The number of hydrogen-bond donors (Lipinski definition) is 2. The molecule has 3 rings (SSSR count).